The Hall–Kier alpha value is -2.38. The summed E-state index contributed by atoms with van der Waals surface area (Å²) in [6.45, 7) is 3.60. The molecule has 0 atom stereocenters. The van der Waals surface area contributed by atoms with Crippen LogP contribution in [0.5, 0.6) is 0 Å². The fraction of sp³-hybridized carbons (Fsp3) is 0.300. The Morgan fingerprint density at radius 1 is 1.11 bits per heavy atom. The quantitative estimate of drug-likeness (QED) is 0.671. The Kier molecular flexibility index (Phi) is 5.53. The standard InChI is InChI=1S/C20H24FN3O2S/c1-4-15-5-7-18(14-19(15)22-10-12-23(2)3)27(25,26)24-11-9-16-13-17(21)6-8-20(16)24/h5-9,11,13-14,22H,4,10,12H2,1-3H3. The number of rotatable bonds is 7. The van der Waals surface area contributed by atoms with Crippen LogP contribution in [0.2, 0.25) is 0 Å². The molecule has 0 bridgehead atoms. The number of fused-ring (bicyclic) bond motifs is 1. The van der Waals surface area contributed by atoms with Crippen molar-refractivity contribution < 1.29 is 12.8 Å². The molecular formula is C20H24FN3O2S. The van der Waals surface area contributed by atoms with Crippen LogP contribution in [0.1, 0.15) is 12.5 Å². The molecule has 5 nitrogen and oxygen atoms in total. The third-order valence-electron chi connectivity index (χ3n) is 4.51. The minimum absolute atomic E-state index is 0.203. The van der Waals surface area contributed by atoms with Crippen molar-refractivity contribution in [2.24, 2.45) is 0 Å². The van der Waals surface area contributed by atoms with E-state index in [-0.39, 0.29) is 4.90 Å². The van der Waals surface area contributed by atoms with Crippen LogP contribution in [-0.4, -0.2) is 44.5 Å². The van der Waals surface area contributed by atoms with Crippen LogP contribution in [0, 0.1) is 5.82 Å². The second-order valence-corrected chi connectivity index (χ2v) is 8.54. The third kappa shape index (κ3) is 3.99. The third-order valence-corrected chi connectivity index (χ3v) is 6.20. The number of aryl methyl sites for hydroxylation is 1. The van der Waals surface area contributed by atoms with Gasteiger partial charge in [-0.15, -0.1) is 0 Å². The number of nitrogens with one attached hydrogen (secondary N) is 1. The molecule has 1 N–H and O–H groups in total. The molecule has 0 aliphatic rings. The topological polar surface area (TPSA) is 54.3 Å². The molecular weight excluding hydrogens is 365 g/mol. The van der Waals surface area contributed by atoms with E-state index in [9.17, 15) is 12.8 Å². The average molecular weight is 389 g/mol. The lowest BCUT2D eigenvalue weighted by molar-refractivity contribution is 0.425. The Balaban J connectivity index is 2.00. The van der Waals surface area contributed by atoms with E-state index in [0.29, 0.717) is 10.9 Å². The number of anilines is 1. The van der Waals surface area contributed by atoms with E-state index >= 15 is 0 Å². The average Bonchev–Trinajstić information content (AvgIpc) is 3.05. The number of hydrogen-bond acceptors (Lipinski definition) is 4. The molecule has 7 heteroatoms. The SMILES string of the molecule is CCc1ccc(S(=O)(=O)n2ccc3cc(F)ccc32)cc1NCCN(C)C. The second-order valence-electron chi connectivity index (χ2n) is 6.72. The van der Waals surface area contributed by atoms with Crippen LogP contribution in [0.25, 0.3) is 10.9 Å². The Morgan fingerprint density at radius 2 is 1.89 bits per heavy atom. The Morgan fingerprint density at radius 3 is 2.59 bits per heavy atom. The summed E-state index contributed by atoms with van der Waals surface area (Å²) >= 11 is 0. The summed E-state index contributed by atoms with van der Waals surface area (Å²) in [5.74, 6) is -0.391. The van der Waals surface area contributed by atoms with Crippen molar-refractivity contribution in [2.75, 3.05) is 32.5 Å². The molecule has 0 amide bonds. The van der Waals surface area contributed by atoms with E-state index < -0.39 is 15.8 Å². The fourth-order valence-electron chi connectivity index (χ4n) is 3.01. The van der Waals surface area contributed by atoms with Crippen LogP contribution < -0.4 is 5.32 Å². The highest BCUT2D eigenvalue weighted by atomic mass is 32.2. The molecule has 0 aliphatic heterocycles. The Labute approximate surface area is 159 Å². The molecule has 1 aromatic heterocycles. The number of aromatic nitrogens is 1. The summed E-state index contributed by atoms with van der Waals surface area (Å²) in [5.41, 5.74) is 2.34. The van der Waals surface area contributed by atoms with Crippen molar-refractivity contribution >= 4 is 26.6 Å². The van der Waals surface area contributed by atoms with Crippen molar-refractivity contribution in [1.82, 2.24) is 8.87 Å². The predicted molar refractivity (Wildman–Crippen MR) is 107 cm³/mol. The van der Waals surface area contributed by atoms with Crippen LogP contribution in [0.15, 0.2) is 53.6 Å². The van der Waals surface area contributed by atoms with Gasteiger partial charge < -0.3 is 10.2 Å². The van der Waals surface area contributed by atoms with Crippen molar-refractivity contribution in [1.29, 1.82) is 0 Å². The van der Waals surface area contributed by atoms with Crippen LogP contribution in [0.4, 0.5) is 10.1 Å². The first-order valence-corrected chi connectivity index (χ1v) is 10.3. The van der Waals surface area contributed by atoms with Crippen molar-refractivity contribution in [3.05, 3.63) is 60.0 Å². The van der Waals surface area contributed by atoms with Crippen molar-refractivity contribution in [3.8, 4) is 0 Å². The number of hydrogen-bond donors (Lipinski definition) is 1. The predicted octanol–water partition coefficient (Wildman–Crippen LogP) is 3.55. The molecule has 0 saturated carbocycles. The molecule has 3 aromatic rings. The maximum atomic E-state index is 13.4. The van der Waals surface area contributed by atoms with Gasteiger partial charge in [-0.25, -0.2) is 16.8 Å². The van der Waals surface area contributed by atoms with Gasteiger partial charge in [0.15, 0.2) is 0 Å². The highest BCUT2D eigenvalue weighted by Crippen LogP contribution is 2.26. The van der Waals surface area contributed by atoms with E-state index in [4.69, 9.17) is 0 Å². The number of halogens is 1. The summed E-state index contributed by atoms with van der Waals surface area (Å²) < 4.78 is 40.9. The monoisotopic (exact) mass is 389 g/mol. The highest BCUT2D eigenvalue weighted by molar-refractivity contribution is 7.90. The maximum absolute atomic E-state index is 13.4. The lowest BCUT2D eigenvalue weighted by Crippen LogP contribution is -2.21. The fourth-order valence-corrected chi connectivity index (χ4v) is 4.39. The first-order valence-electron chi connectivity index (χ1n) is 8.86. The van der Waals surface area contributed by atoms with E-state index in [2.05, 4.69) is 10.2 Å². The Bertz CT molecular complexity index is 1060. The van der Waals surface area contributed by atoms with E-state index in [1.54, 1.807) is 18.2 Å². The molecule has 0 spiro atoms. The zero-order valence-electron chi connectivity index (χ0n) is 15.7. The van der Waals surface area contributed by atoms with Crippen LogP contribution >= 0.6 is 0 Å². The van der Waals surface area contributed by atoms with Gasteiger partial charge in [-0.1, -0.05) is 13.0 Å². The first-order chi connectivity index (χ1) is 12.8. The van der Waals surface area contributed by atoms with Gasteiger partial charge in [0.2, 0.25) is 0 Å². The van der Waals surface area contributed by atoms with Gasteiger partial charge in [0.1, 0.15) is 5.82 Å². The second kappa shape index (κ2) is 7.70. The van der Waals surface area contributed by atoms with Crippen LogP contribution in [0.3, 0.4) is 0 Å². The number of likely N-dealkylation sites (N-methyl/N-ethyl adjacent to an activating group) is 1. The molecule has 2 aromatic carbocycles. The molecule has 0 unspecified atom stereocenters. The van der Waals surface area contributed by atoms with Crippen molar-refractivity contribution in [2.45, 2.75) is 18.2 Å². The molecule has 0 fully saturated rings. The van der Waals surface area contributed by atoms with Crippen molar-refractivity contribution in [3.63, 3.8) is 0 Å². The summed E-state index contributed by atoms with van der Waals surface area (Å²) in [6.07, 6.45) is 2.27. The molecule has 0 saturated heterocycles. The van der Waals surface area contributed by atoms with Gasteiger partial charge in [0.05, 0.1) is 10.4 Å². The summed E-state index contributed by atoms with van der Waals surface area (Å²) in [6, 6.07) is 10.8. The van der Waals surface area contributed by atoms with Gasteiger partial charge in [0.25, 0.3) is 10.0 Å². The van der Waals surface area contributed by atoms with E-state index in [1.807, 2.05) is 27.1 Å². The molecule has 1 heterocycles. The number of nitrogens with zero attached hydrogens (tertiary/aromatic N) is 2. The van der Waals surface area contributed by atoms with Gasteiger partial charge >= 0.3 is 0 Å². The van der Waals surface area contributed by atoms with Gasteiger partial charge in [-0.2, -0.15) is 0 Å². The maximum Gasteiger partial charge on any atom is 0.268 e. The zero-order chi connectivity index (χ0) is 19.6. The normalized spacial score (nSPS) is 12.0. The van der Waals surface area contributed by atoms with Gasteiger partial charge in [0, 0.05) is 30.4 Å². The summed E-state index contributed by atoms with van der Waals surface area (Å²) in [7, 11) is 0.199. The minimum Gasteiger partial charge on any atom is -0.384 e. The van der Waals surface area contributed by atoms with Crippen LogP contribution in [-0.2, 0) is 16.4 Å². The lowest BCUT2D eigenvalue weighted by atomic mass is 10.1. The highest BCUT2D eigenvalue weighted by Gasteiger charge is 2.20. The largest absolute Gasteiger partial charge is 0.384 e. The first kappa shape index (κ1) is 19.4. The minimum atomic E-state index is -3.78. The summed E-state index contributed by atoms with van der Waals surface area (Å²) in [5, 5.41) is 3.88. The molecule has 0 aliphatic carbocycles. The molecule has 3 rings (SSSR count). The summed E-state index contributed by atoms with van der Waals surface area (Å²) in [4.78, 5) is 2.26. The van der Waals surface area contributed by atoms with E-state index in [1.165, 1.54) is 28.4 Å². The molecule has 0 radical (unpaired) electrons. The van der Waals surface area contributed by atoms with Gasteiger partial charge in [-0.05, 0) is 62.5 Å². The smallest absolute Gasteiger partial charge is 0.268 e. The lowest BCUT2D eigenvalue weighted by Gasteiger charge is -2.16. The van der Waals surface area contributed by atoms with E-state index in [0.717, 1.165) is 30.8 Å². The van der Waals surface area contributed by atoms with Gasteiger partial charge in [-0.3, -0.25) is 0 Å². The number of benzene rings is 2. The molecule has 27 heavy (non-hydrogen) atoms. The zero-order valence-corrected chi connectivity index (χ0v) is 16.6. The molecule has 144 valence electrons.